The van der Waals surface area contributed by atoms with Gasteiger partial charge in [-0.1, -0.05) is 18.6 Å². The second kappa shape index (κ2) is 2.74. The van der Waals surface area contributed by atoms with Gasteiger partial charge in [0.2, 0.25) is 0 Å². The van der Waals surface area contributed by atoms with E-state index in [0.717, 1.165) is 0 Å². The Kier molecular flexibility index (Phi) is 1.84. The molecule has 0 N–H and O–H groups in total. The van der Waals surface area contributed by atoms with Gasteiger partial charge in [-0.15, -0.1) is 11.3 Å². The highest BCUT2D eigenvalue weighted by molar-refractivity contribution is 7.12. The molecule has 2 rings (SSSR count). The maximum Gasteiger partial charge on any atom is 0.0164 e. The van der Waals surface area contributed by atoms with Gasteiger partial charge in [0.15, 0.2) is 0 Å². The lowest BCUT2D eigenvalue weighted by molar-refractivity contribution is 0.811. The summed E-state index contributed by atoms with van der Waals surface area (Å²) in [5.41, 5.74) is 2.88. The molecule has 0 aliphatic heterocycles. The Hall–Kier alpha value is -0.560. The molecule has 0 bridgehead atoms. The maximum absolute atomic E-state index is 2.36. The van der Waals surface area contributed by atoms with Crippen LogP contribution in [0.5, 0.6) is 0 Å². The number of thiophene rings is 1. The molecule has 0 spiro atoms. The van der Waals surface area contributed by atoms with E-state index in [1.54, 1.807) is 0 Å². The van der Waals surface area contributed by atoms with E-state index in [4.69, 9.17) is 0 Å². The van der Waals surface area contributed by atoms with Gasteiger partial charge in [-0.25, -0.2) is 0 Å². The zero-order chi connectivity index (χ0) is 8.72. The van der Waals surface area contributed by atoms with Crippen molar-refractivity contribution in [1.82, 2.24) is 0 Å². The number of rotatable bonds is 0. The molecule has 0 amide bonds. The van der Waals surface area contributed by atoms with E-state index in [-0.39, 0.29) is 0 Å². The van der Waals surface area contributed by atoms with Gasteiger partial charge in [0.05, 0.1) is 0 Å². The first-order valence-electron chi connectivity index (χ1n) is 4.30. The van der Waals surface area contributed by atoms with Crippen molar-refractivity contribution in [1.29, 1.82) is 0 Å². The fourth-order valence-electron chi connectivity index (χ4n) is 1.53. The second-order valence-electron chi connectivity index (χ2n) is 3.52. The molecule has 1 heteroatoms. The van der Waals surface area contributed by atoms with Gasteiger partial charge < -0.3 is 0 Å². The molecule has 0 fully saturated rings. The lowest BCUT2D eigenvalue weighted by atomic mass is 9.90. The minimum absolute atomic E-state index is 0.621. The summed E-state index contributed by atoms with van der Waals surface area (Å²) in [4.78, 5) is 2.86. The Morgan fingerprint density at radius 2 is 2.08 bits per heavy atom. The van der Waals surface area contributed by atoms with Crippen molar-refractivity contribution in [3.63, 3.8) is 0 Å². The summed E-state index contributed by atoms with van der Waals surface area (Å²) in [5.74, 6) is 0.621. The predicted octanol–water partition coefficient (Wildman–Crippen LogP) is 3.66. The SMILES string of the molecule is CC1=Cc2cc(C)sc2[CH]C1C. The van der Waals surface area contributed by atoms with Crippen LogP contribution in [0.4, 0.5) is 0 Å². The Balaban J connectivity index is 2.48. The van der Waals surface area contributed by atoms with E-state index in [1.807, 2.05) is 11.3 Å². The Morgan fingerprint density at radius 3 is 2.83 bits per heavy atom. The molecule has 0 aromatic carbocycles. The van der Waals surface area contributed by atoms with E-state index in [9.17, 15) is 0 Å². The fourth-order valence-corrected chi connectivity index (χ4v) is 2.57. The van der Waals surface area contributed by atoms with Crippen molar-refractivity contribution < 1.29 is 0 Å². The molecule has 1 aromatic heterocycles. The molecule has 1 radical (unpaired) electrons. The van der Waals surface area contributed by atoms with Crippen LogP contribution in [0, 0.1) is 19.3 Å². The van der Waals surface area contributed by atoms with Crippen LogP contribution in [0.1, 0.15) is 29.2 Å². The minimum Gasteiger partial charge on any atom is -0.145 e. The maximum atomic E-state index is 2.36. The van der Waals surface area contributed by atoms with Gasteiger partial charge in [-0.3, -0.25) is 0 Å². The average molecular weight is 177 g/mol. The third-order valence-electron chi connectivity index (χ3n) is 2.42. The highest BCUT2D eigenvalue weighted by atomic mass is 32.1. The summed E-state index contributed by atoms with van der Waals surface area (Å²) in [6.45, 7) is 6.63. The van der Waals surface area contributed by atoms with E-state index >= 15 is 0 Å². The van der Waals surface area contributed by atoms with Crippen molar-refractivity contribution in [2.75, 3.05) is 0 Å². The molecule has 12 heavy (non-hydrogen) atoms. The lowest BCUT2D eigenvalue weighted by Crippen LogP contribution is -2.02. The molecule has 1 aliphatic carbocycles. The van der Waals surface area contributed by atoms with Crippen LogP contribution in [0.15, 0.2) is 11.6 Å². The van der Waals surface area contributed by atoms with Crippen LogP contribution >= 0.6 is 11.3 Å². The van der Waals surface area contributed by atoms with Gasteiger partial charge in [0.25, 0.3) is 0 Å². The molecule has 1 unspecified atom stereocenters. The van der Waals surface area contributed by atoms with Gasteiger partial charge >= 0.3 is 0 Å². The highest BCUT2D eigenvalue weighted by Gasteiger charge is 2.16. The normalized spacial score (nSPS) is 21.9. The molecule has 1 aromatic rings. The Morgan fingerprint density at radius 1 is 1.33 bits per heavy atom. The standard InChI is InChI=1S/C11H13S/c1-7-4-10-6-9(3)12-11(10)5-8(7)2/h4-6,8H,1-3H3. The summed E-state index contributed by atoms with van der Waals surface area (Å²) in [7, 11) is 0. The van der Waals surface area contributed by atoms with Crippen LogP contribution in [0.25, 0.3) is 6.08 Å². The van der Waals surface area contributed by atoms with Crippen molar-refractivity contribution in [3.8, 4) is 0 Å². The van der Waals surface area contributed by atoms with Crippen LogP contribution in [-0.2, 0) is 0 Å². The van der Waals surface area contributed by atoms with Crippen molar-refractivity contribution >= 4 is 17.4 Å². The molecule has 0 nitrogen and oxygen atoms in total. The van der Waals surface area contributed by atoms with Crippen LogP contribution in [0.2, 0.25) is 0 Å². The van der Waals surface area contributed by atoms with Crippen molar-refractivity contribution in [2.24, 2.45) is 5.92 Å². The van der Waals surface area contributed by atoms with E-state index in [0.29, 0.717) is 5.92 Å². The van der Waals surface area contributed by atoms with Gasteiger partial charge in [-0.2, -0.15) is 0 Å². The zero-order valence-electron chi connectivity index (χ0n) is 7.72. The third kappa shape index (κ3) is 1.22. The van der Waals surface area contributed by atoms with Gasteiger partial charge in [0, 0.05) is 16.2 Å². The molecule has 1 aliphatic rings. The minimum atomic E-state index is 0.621. The van der Waals surface area contributed by atoms with E-state index < -0.39 is 0 Å². The first kappa shape index (κ1) is 8.06. The van der Waals surface area contributed by atoms with Crippen LogP contribution < -0.4 is 0 Å². The number of fused-ring (bicyclic) bond motifs is 1. The number of aryl methyl sites for hydroxylation is 1. The summed E-state index contributed by atoms with van der Waals surface area (Å²) >= 11 is 1.90. The lowest BCUT2D eigenvalue weighted by Gasteiger charge is -2.16. The number of hydrogen-bond donors (Lipinski definition) is 0. The fraction of sp³-hybridized carbons (Fsp3) is 0.364. The molecular formula is C11H13S. The topological polar surface area (TPSA) is 0 Å². The Labute approximate surface area is 77.9 Å². The summed E-state index contributed by atoms with van der Waals surface area (Å²) in [6, 6.07) is 2.27. The smallest absolute Gasteiger partial charge is 0.0164 e. The molecule has 1 heterocycles. The predicted molar refractivity (Wildman–Crippen MR) is 55.3 cm³/mol. The largest absolute Gasteiger partial charge is 0.145 e. The molecule has 63 valence electrons. The average Bonchev–Trinajstić information content (AvgIpc) is 2.30. The highest BCUT2D eigenvalue weighted by Crippen LogP contribution is 2.34. The van der Waals surface area contributed by atoms with Crippen molar-refractivity contribution in [3.05, 3.63) is 33.4 Å². The monoisotopic (exact) mass is 177 g/mol. The quantitative estimate of drug-likeness (QED) is 0.567. The van der Waals surface area contributed by atoms with Gasteiger partial charge in [0.1, 0.15) is 0 Å². The Bertz CT molecular complexity index is 331. The van der Waals surface area contributed by atoms with Gasteiger partial charge in [-0.05, 0) is 31.4 Å². The molecular weight excluding hydrogens is 164 g/mol. The van der Waals surface area contributed by atoms with Crippen molar-refractivity contribution in [2.45, 2.75) is 20.8 Å². The second-order valence-corrected chi connectivity index (χ2v) is 4.81. The molecule has 0 saturated heterocycles. The molecule has 1 atom stereocenters. The first-order valence-corrected chi connectivity index (χ1v) is 5.12. The molecule has 0 saturated carbocycles. The third-order valence-corrected chi connectivity index (χ3v) is 3.45. The van der Waals surface area contributed by atoms with E-state index in [1.165, 1.54) is 20.9 Å². The summed E-state index contributed by atoms with van der Waals surface area (Å²) in [5, 5.41) is 0. The summed E-state index contributed by atoms with van der Waals surface area (Å²) < 4.78 is 0. The summed E-state index contributed by atoms with van der Waals surface area (Å²) in [6.07, 6.45) is 4.67. The first-order chi connectivity index (χ1) is 5.66. The number of allylic oxidation sites excluding steroid dienone is 1. The van der Waals surface area contributed by atoms with Crippen LogP contribution in [-0.4, -0.2) is 0 Å². The van der Waals surface area contributed by atoms with E-state index in [2.05, 4.69) is 39.3 Å². The van der Waals surface area contributed by atoms with Crippen LogP contribution in [0.3, 0.4) is 0 Å². The zero-order valence-corrected chi connectivity index (χ0v) is 8.53. The number of hydrogen-bond acceptors (Lipinski definition) is 1.